The average molecular weight is 439 g/mol. The number of hydrogen-bond acceptors (Lipinski definition) is 4. The van der Waals surface area contributed by atoms with E-state index in [9.17, 15) is 13.2 Å². The predicted octanol–water partition coefficient (Wildman–Crippen LogP) is 3.35. The molecule has 4 rings (SSSR count). The highest BCUT2D eigenvalue weighted by atomic mass is 32.2. The van der Waals surface area contributed by atoms with Crippen molar-refractivity contribution in [3.8, 4) is 5.69 Å². The van der Waals surface area contributed by atoms with Crippen LogP contribution in [0.5, 0.6) is 0 Å². The van der Waals surface area contributed by atoms with E-state index in [1.165, 1.54) is 10.6 Å². The second kappa shape index (κ2) is 8.64. The van der Waals surface area contributed by atoms with Gasteiger partial charge in [0.15, 0.2) is 5.69 Å². The molecule has 0 aliphatic carbocycles. The SMILES string of the molecule is CC(C)CCN1Cc2c(C(=O)NCc3ccccc3)ncn2-c2ccccc2S1(=O)=O. The summed E-state index contributed by atoms with van der Waals surface area (Å²) in [7, 11) is -3.70. The zero-order valence-electron chi connectivity index (χ0n) is 17.7. The van der Waals surface area contributed by atoms with Crippen LogP contribution in [0, 0.1) is 5.92 Å². The van der Waals surface area contributed by atoms with Crippen molar-refractivity contribution in [2.24, 2.45) is 5.92 Å². The highest BCUT2D eigenvalue weighted by Crippen LogP contribution is 2.31. The van der Waals surface area contributed by atoms with E-state index in [0.29, 0.717) is 30.4 Å². The molecule has 2 heterocycles. The predicted molar refractivity (Wildman–Crippen MR) is 118 cm³/mol. The summed E-state index contributed by atoms with van der Waals surface area (Å²) in [4.78, 5) is 17.5. The molecule has 1 aliphatic rings. The number of para-hydroxylation sites is 1. The molecule has 1 aromatic heterocycles. The molecule has 0 radical (unpaired) electrons. The fraction of sp³-hybridized carbons (Fsp3) is 0.304. The van der Waals surface area contributed by atoms with Gasteiger partial charge in [-0.1, -0.05) is 56.3 Å². The van der Waals surface area contributed by atoms with E-state index in [4.69, 9.17) is 0 Å². The first-order valence-electron chi connectivity index (χ1n) is 10.4. The topological polar surface area (TPSA) is 84.3 Å². The number of fused-ring (bicyclic) bond motifs is 3. The summed E-state index contributed by atoms with van der Waals surface area (Å²) in [5.41, 5.74) is 2.31. The highest BCUT2D eigenvalue weighted by Gasteiger charge is 2.34. The van der Waals surface area contributed by atoms with Gasteiger partial charge in [-0.05, 0) is 30.0 Å². The first kappa shape index (κ1) is 21.3. The monoisotopic (exact) mass is 438 g/mol. The fourth-order valence-corrected chi connectivity index (χ4v) is 5.25. The molecule has 0 fully saturated rings. The summed E-state index contributed by atoms with van der Waals surface area (Å²) < 4.78 is 30.0. The van der Waals surface area contributed by atoms with E-state index in [1.807, 2.05) is 30.3 Å². The van der Waals surface area contributed by atoms with Crippen molar-refractivity contribution in [3.05, 3.63) is 77.9 Å². The number of aromatic nitrogens is 2. The first-order valence-corrected chi connectivity index (χ1v) is 11.8. The van der Waals surface area contributed by atoms with E-state index in [1.54, 1.807) is 28.8 Å². The minimum Gasteiger partial charge on any atom is -0.347 e. The number of sulfonamides is 1. The van der Waals surface area contributed by atoms with Crippen LogP contribution in [0.2, 0.25) is 0 Å². The molecule has 3 aromatic rings. The lowest BCUT2D eigenvalue weighted by molar-refractivity contribution is 0.0944. The minimum atomic E-state index is -3.70. The van der Waals surface area contributed by atoms with Crippen LogP contribution in [0.4, 0.5) is 0 Å². The van der Waals surface area contributed by atoms with E-state index >= 15 is 0 Å². The molecule has 7 nitrogen and oxygen atoms in total. The van der Waals surface area contributed by atoms with Gasteiger partial charge in [0, 0.05) is 13.1 Å². The summed E-state index contributed by atoms with van der Waals surface area (Å²) >= 11 is 0. The van der Waals surface area contributed by atoms with Gasteiger partial charge >= 0.3 is 0 Å². The van der Waals surface area contributed by atoms with Crippen LogP contribution in [0.15, 0.2) is 65.8 Å². The van der Waals surface area contributed by atoms with Crippen LogP contribution < -0.4 is 5.32 Å². The molecule has 0 atom stereocenters. The van der Waals surface area contributed by atoms with Crippen molar-refractivity contribution >= 4 is 15.9 Å². The number of nitrogens with one attached hydrogen (secondary N) is 1. The van der Waals surface area contributed by atoms with E-state index in [0.717, 1.165) is 12.0 Å². The summed E-state index contributed by atoms with van der Waals surface area (Å²) in [6, 6.07) is 16.5. The van der Waals surface area contributed by atoms with Gasteiger partial charge in [-0.15, -0.1) is 0 Å². The van der Waals surface area contributed by atoms with Gasteiger partial charge in [0.05, 0.1) is 17.9 Å². The molecular formula is C23H26N4O3S. The molecule has 1 N–H and O–H groups in total. The van der Waals surface area contributed by atoms with Crippen LogP contribution in [-0.2, 0) is 23.1 Å². The molecule has 1 amide bonds. The largest absolute Gasteiger partial charge is 0.347 e. The molecule has 0 unspecified atom stereocenters. The number of amides is 1. The van der Waals surface area contributed by atoms with Gasteiger partial charge < -0.3 is 5.32 Å². The smallest absolute Gasteiger partial charge is 0.272 e. The zero-order chi connectivity index (χ0) is 22.0. The lowest BCUT2D eigenvalue weighted by atomic mass is 10.1. The van der Waals surface area contributed by atoms with Gasteiger partial charge in [-0.25, -0.2) is 13.4 Å². The van der Waals surface area contributed by atoms with Crippen LogP contribution in [0.1, 0.15) is 42.0 Å². The fourth-order valence-electron chi connectivity index (χ4n) is 3.65. The Hall–Kier alpha value is -2.97. The van der Waals surface area contributed by atoms with Crippen molar-refractivity contribution in [3.63, 3.8) is 0 Å². The third-order valence-electron chi connectivity index (χ3n) is 5.40. The quantitative estimate of drug-likeness (QED) is 0.640. The Bertz CT molecular complexity index is 1190. The van der Waals surface area contributed by atoms with Gasteiger partial charge in [0.1, 0.15) is 11.2 Å². The highest BCUT2D eigenvalue weighted by molar-refractivity contribution is 7.89. The lowest BCUT2D eigenvalue weighted by Gasteiger charge is -2.21. The first-order chi connectivity index (χ1) is 14.9. The minimum absolute atomic E-state index is 0.0951. The van der Waals surface area contributed by atoms with Crippen molar-refractivity contribution in [2.45, 2.75) is 38.3 Å². The molecule has 1 aliphatic heterocycles. The zero-order valence-corrected chi connectivity index (χ0v) is 18.5. The normalized spacial score (nSPS) is 15.2. The Balaban J connectivity index is 1.71. The van der Waals surface area contributed by atoms with Crippen molar-refractivity contribution in [1.82, 2.24) is 19.2 Å². The molecule has 8 heteroatoms. The van der Waals surface area contributed by atoms with Crippen LogP contribution in [0.25, 0.3) is 5.69 Å². The molecular weight excluding hydrogens is 412 g/mol. The van der Waals surface area contributed by atoms with Gasteiger partial charge in [-0.2, -0.15) is 4.31 Å². The van der Waals surface area contributed by atoms with E-state index in [2.05, 4.69) is 24.1 Å². The van der Waals surface area contributed by atoms with Crippen molar-refractivity contribution in [1.29, 1.82) is 0 Å². The van der Waals surface area contributed by atoms with Crippen LogP contribution >= 0.6 is 0 Å². The maximum absolute atomic E-state index is 13.4. The Morgan fingerprint density at radius 2 is 1.81 bits per heavy atom. The summed E-state index contributed by atoms with van der Waals surface area (Å²) in [6.45, 7) is 4.97. The Morgan fingerprint density at radius 3 is 2.55 bits per heavy atom. The second-order valence-corrected chi connectivity index (χ2v) is 9.97. The number of benzene rings is 2. The number of hydrogen-bond donors (Lipinski definition) is 1. The number of carbonyl (C=O) groups excluding carboxylic acids is 1. The summed E-state index contributed by atoms with van der Waals surface area (Å²) in [6.07, 6.45) is 2.26. The van der Waals surface area contributed by atoms with Gasteiger partial charge in [0.25, 0.3) is 5.91 Å². The molecule has 162 valence electrons. The van der Waals surface area contributed by atoms with Crippen molar-refractivity contribution in [2.75, 3.05) is 6.54 Å². The summed E-state index contributed by atoms with van der Waals surface area (Å²) in [5.74, 6) is 0.0328. The maximum Gasteiger partial charge on any atom is 0.272 e. The number of nitrogens with zero attached hydrogens (tertiary/aromatic N) is 3. The second-order valence-electron chi connectivity index (χ2n) is 8.07. The maximum atomic E-state index is 13.4. The molecule has 0 saturated carbocycles. The van der Waals surface area contributed by atoms with Crippen LogP contribution in [-0.4, -0.2) is 34.7 Å². The van der Waals surface area contributed by atoms with Crippen molar-refractivity contribution < 1.29 is 13.2 Å². The lowest BCUT2D eigenvalue weighted by Crippen LogP contribution is -2.32. The molecule has 0 bridgehead atoms. The molecule has 31 heavy (non-hydrogen) atoms. The van der Waals surface area contributed by atoms with Gasteiger partial charge in [-0.3, -0.25) is 9.36 Å². The Kier molecular flexibility index (Phi) is 5.93. The van der Waals surface area contributed by atoms with Crippen LogP contribution in [0.3, 0.4) is 0 Å². The number of imidazole rings is 1. The average Bonchev–Trinajstić information content (AvgIpc) is 3.15. The number of rotatable bonds is 6. The summed E-state index contributed by atoms with van der Waals surface area (Å²) in [5, 5.41) is 2.90. The van der Waals surface area contributed by atoms with E-state index in [-0.39, 0.29) is 23.0 Å². The number of carbonyl (C=O) groups is 1. The van der Waals surface area contributed by atoms with Gasteiger partial charge in [0.2, 0.25) is 10.0 Å². The third kappa shape index (κ3) is 4.26. The van der Waals surface area contributed by atoms with E-state index < -0.39 is 10.0 Å². The Labute approximate surface area is 182 Å². The molecule has 0 saturated heterocycles. The standard InChI is InChI=1S/C23H26N4O3S/c1-17(2)12-13-26-15-20-22(23(28)24-14-18-8-4-3-5-9-18)25-16-27(20)19-10-6-7-11-21(19)31(26,29)30/h3-11,16-17H,12-15H2,1-2H3,(H,24,28). The Morgan fingerprint density at radius 1 is 1.10 bits per heavy atom. The third-order valence-corrected chi connectivity index (χ3v) is 7.29. The molecule has 0 spiro atoms. The molecule has 2 aromatic carbocycles.